The molecule has 1 aromatic heterocycles. The number of nitrogens with one attached hydrogen (secondary N) is 1. The topological polar surface area (TPSA) is 119 Å². The van der Waals surface area contributed by atoms with Crippen molar-refractivity contribution in [3.8, 4) is 0 Å². The Bertz CT molecular complexity index is 668. The van der Waals surface area contributed by atoms with Crippen molar-refractivity contribution in [3.63, 3.8) is 0 Å². The third-order valence-corrected chi connectivity index (χ3v) is 6.97. The predicted molar refractivity (Wildman–Crippen MR) is 74.1 cm³/mol. The zero-order chi connectivity index (χ0) is 14.8. The van der Waals surface area contributed by atoms with Gasteiger partial charge in [-0.1, -0.05) is 0 Å². The number of nitrogens with two attached hydrogens (primary N) is 1. The van der Waals surface area contributed by atoms with E-state index in [0.717, 1.165) is 0 Å². The van der Waals surface area contributed by atoms with E-state index >= 15 is 0 Å². The Labute approximate surface area is 118 Å². The van der Waals surface area contributed by atoms with Gasteiger partial charge in [-0.05, 0) is 25.0 Å². The van der Waals surface area contributed by atoms with Crippen LogP contribution in [0, 0.1) is 0 Å². The highest BCUT2D eigenvalue weighted by Gasteiger charge is 2.32. The summed E-state index contributed by atoms with van der Waals surface area (Å²) in [6.45, 7) is 0.136. The molecule has 1 aliphatic heterocycles. The first-order valence-electron chi connectivity index (χ1n) is 6.21. The second-order valence-corrected chi connectivity index (χ2v) is 8.84. The molecule has 7 nitrogen and oxygen atoms in total. The number of aromatic nitrogens is 1. The lowest BCUT2D eigenvalue weighted by molar-refractivity contribution is 0.570. The van der Waals surface area contributed by atoms with Gasteiger partial charge in [0, 0.05) is 19.3 Å². The maximum Gasteiger partial charge on any atom is 0.242 e. The average molecular weight is 319 g/mol. The summed E-state index contributed by atoms with van der Waals surface area (Å²) >= 11 is 0. The predicted octanol–water partition coefficient (Wildman–Crippen LogP) is -0.604. The van der Waals surface area contributed by atoms with Crippen LogP contribution in [-0.2, 0) is 26.4 Å². The van der Waals surface area contributed by atoms with Crippen molar-refractivity contribution in [1.82, 2.24) is 9.71 Å². The molecule has 112 valence electrons. The van der Waals surface area contributed by atoms with Crippen molar-refractivity contribution in [2.24, 2.45) is 5.73 Å². The van der Waals surface area contributed by atoms with Crippen molar-refractivity contribution in [2.75, 3.05) is 12.3 Å². The highest BCUT2D eigenvalue weighted by atomic mass is 32.2. The third-order valence-electron chi connectivity index (χ3n) is 3.28. The fourth-order valence-corrected chi connectivity index (χ4v) is 4.96. The van der Waals surface area contributed by atoms with E-state index in [1.54, 1.807) is 0 Å². The molecule has 0 bridgehead atoms. The molecule has 1 aromatic rings. The minimum absolute atomic E-state index is 0.00472. The quantitative estimate of drug-likeness (QED) is 0.747. The van der Waals surface area contributed by atoms with Gasteiger partial charge < -0.3 is 5.73 Å². The van der Waals surface area contributed by atoms with Crippen LogP contribution < -0.4 is 10.5 Å². The molecule has 1 atom stereocenters. The van der Waals surface area contributed by atoms with Crippen LogP contribution in [0.25, 0.3) is 0 Å². The Kier molecular flexibility index (Phi) is 4.43. The molecule has 0 aromatic carbocycles. The summed E-state index contributed by atoms with van der Waals surface area (Å²) in [6.07, 6.45) is 2.30. The van der Waals surface area contributed by atoms with Crippen LogP contribution in [0.2, 0.25) is 0 Å². The van der Waals surface area contributed by atoms with Gasteiger partial charge in [-0.2, -0.15) is 0 Å². The van der Waals surface area contributed by atoms with Gasteiger partial charge in [0.1, 0.15) is 4.90 Å². The highest BCUT2D eigenvalue weighted by Crippen LogP contribution is 2.19. The maximum atomic E-state index is 12.0. The summed E-state index contributed by atoms with van der Waals surface area (Å²) in [5.41, 5.74) is 5.97. The average Bonchev–Trinajstić information content (AvgIpc) is 2.75. The largest absolute Gasteiger partial charge is 0.325 e. The number of sulfone groups is 1. The molecule has 20 heavy (non-hydrogen) atoms. The number of rotatable bonds is 5. The Morgan fingerprint density at radius 3 is 2.65 bits per heavy atom. The van der Waals surface area contributed by atoms with E-state index in [4.69, 9.17) is 5.73 Å². The van der Waals surface area contributed by atoms with Crippen LogP contribution in [-0.4, -0.2) is 39.4 Å². The second-order valence-electron chi connectivity index (χ2n) is 4.67. The number of sulfonamides is 1. The summed E-state index contributed by atoms with van der Waals surface area (Å²) in [6, 6.07) is 2.93. The number of hydrogen-bond acceptors (Lipinski definition) is 6. The van der Waals surface area contributed by atoms with Gasteiger partial charge in [0.25, 0.3) is 0 Å². The first-order chi connectivity index (χ1) is 9.35. The standard InChI is InChI=1S/C11H17N3O4S2/c12-6-9-3-4-11(7-13-9)20(17,18)14-8-10-2-1-5-19(10,15)16/h3-4,7,10,14H,1-2,5-6,8,12H2. The molecule has 1 saturated heterocycles. The van der Waals surface area contributed by atoms with E-state index in [0.29, 0.717) is 18.5 Å². The molecule has 9 heteroatoms. The lowest BCUT2D eigenvalue weighted by atomic mass is 10.2. The lowest BCUT2D eigenvalue weighted by Crippen LogP contribution is -2.34. The molecule has 0 radical (unpaired) electrons. The summed E-state index contributed by atoms with van der Waals surface area (Å²) in [4.78, 5) is 3.91. The fourth-order valence-electron chi connectivity index (χ4n) is 2.06. The molecule has 2 heterocycles. The van der Waals surface area contributed by atoms with Gasteiger partial charge in [-0.25, -0.2) is 21.6 Å². The van der Waals surface area contributed by atoms with Crippen molar-refractivity contribution in [1.29, 1.82) is 0 Å². The molecule has 3 N–H and O–H groups in total. The normalized spacial score (nSPS) is 21.9. The van der Waals surface area contributed by atoms with E-state index in [-0.39, 0.29) is 23.7 Å². The molecule has 0 amide bonds. The zero-order valence-corrected chi connectivity index (χ0v) is 12.5. The molecular formula is C11H17N3O4S2. The third kappa shape index (κ3) is 3.35. The molecule has 1 unspecified atom stereocenters. The first-order valence-corrected chi connectivity index (χ1v) is 9.41. The maximum absolute atomic E-state index is 12.0. The minimum Gasteiger partial charge on any atom is -0.325 e. The Hall–Kier alpha value is -1.03. The molecule has 1 aliphatic rings. The molecule has 0 saturated carbocycles. The summed E-state index contributed by atoms with van der Waals surface area (Å²) < 4.78 is 49.7. The molecule has 0 aliphatic carbocycles. The van der Waals surface area contributed by atoms with Crippen LogP contribution in [0.3, 0.4) is 0 Å². The fraction of sp³-hybridized carbons (Fsp3) is 0.545. The van der Waals surface area contributed by atoms with Crippen LogP contribution >= 0.6 is 0 Å². The van der Waals surface area contributed by atoms with Crippen molar-refractivity contribution >= 4 is 19.9 Å². The second kappa shape index (κ2) is 5.76. The summed E-state index contributed by atoms with van der Waals surface area (Å²) in [5.74, 6) is 0.131. The van der Waals surface area contributed by atoms with Gasteiger partial charge in [0.15, 0.2) is 9.84 Å². The monoisotopic (exact) mass is 319 g/mol. The first kappa shape index (κ1) is 15.4. The molecule has 0 spiro atoms. The lowest BCUT2D eigenvalue weighted by Gasteiger charge is -2.11. The van der Waals surface area contributed by atoms with Crippen molar-refractivity contribution < 1.29 is 16.8 Å². The van der Waals surface area contributed by atoms with E-state index in [1.807, 2.05) is 0 Å². The van der Waals surface area contributed by atoms with Crippen molar-refractivity contribution in [3.05, 3.63) is 24.0 Å². The molecular weight excluding hydrogens is 302 g/mol. The van der Waals surface area contributed by atoms with E-state index < -0.39 is 25.1 Å². The van der Waals surface area contributed by atoms with Gasteiger partial charge in [0.2, 0.25) is 10.0 Å². The molecule has 2 rings (SSSR count). The van der Waals surface area contributed by atoms with Gasteiger partial charge in [-0.3, -0.25) is 4.98 Å². The Morgan fingerprint density at radius 2 is 2.15 bits per heavy atom. The Balaban J connectivity index is 2.07. The number of pyridine rings is 1. The van der Waals surface area contributed by atoms with E-state index in [2.05, 4.69) is 9.71 Å². The molecule has 1 fully saturated rings. The van der Waals surface area contributed by atoms with Crippen LogP contribution in [0.4, 0.5) is 0 Å². The van der Waals surface area contributed by atoms with Gasteiger partial charge in [-0.15, -0.1) is 0 Å². The van der Waals surface area contributed by atoms with Crippen molar-refractivity contribution in [2.45, 2.75) is 29.5 Å². The van der Waals surface area contributed by atoms with E-state index in [9.17, 15) is 16.8 Å². The van der Waals surface area contributed by atoms with Crippen LogP contribution in [0.1, 0.15) is 18.5 Å². The summed E-state index contributed by atoms with van der Waals surface area (Å²) in [7, 11) is -6.90. The SMILES string of the molecule is NCc1ccc(S(=O)(=O)NCC2CCCS2(=O)=O)cn1. The highest BCUT2D eigenvalue weighted by molar-refractivity contribution is 7.92. The van der Waals surface area contributed by atoms with E-state index in [1.165, 1.54) is 18.3 Å². The van der Waals surface area contributed by atoms with Crippen LogP contribution in [0.15, 0.2) is 23.2 Å². The summed E-state index contributed by atoms with van der Waals surface area (Å²) in [5, 5.41) is -0.631. The van der Waals surface area contributed by atoms with Gasteiger partial charge >= 0.3 is 0 Å². The van der Waals surface area contributed by atoms with Crippen LogP contribution in [0.5, 0.6) is 0 Å². The van der Waals surface area contributed by atoms with Gasteiger partial charge in [0.05, 0.1) is 16.7 Å². The number of nitrogens with zero attached hydrogens (tertiary/aromatic N) is 1. The Morgan fingerprint density at radius 1 is 1.40 bits per heavy atom. The smallest absolute Gasteiger partial charge is 0.242 e. The number of hydrogen-bond donors (Lipinski definition) is 2. The zero-order valence-electron chi connectivity index (χ0n) is 10.8. The minimum atomic E-state index is -3.74.